The molecule has 2 heterocycles. The average Bonchev–Trinajstić information content (AvgIpc) is 2.78. The summed E-state index contributed by atoms with van der Waals surface area (Å²) in [5.74, 6) is 2.74. The summed E-state index contributed by atoms with van der Waals surface area (Å²) in [6, 6.07) is 8.38. The highest BCUT2D eigenvalue weighted by Crippen LogP contribution is 2.21. The number of nitrogens with one attached hydrogen (secondary N) is 1. The number of rotatable bonds is 7. The summed E-state index contributed by atoms with van der Waals surface area (Å²) in [7, 11) is 1.71. The second-order valence-electron chi connectivity index (χ2n) is 8.15. The van der Waals surface area contributed by atoms with Gasteiger partial charge in [0.2, 0.25) is 0 Å². The molecule has 1 aromatic rings. The van der Waals surface area contributed by atoms with Crippen molar-refractivity contribution in [3.63, 3.8) is 0 Å². The Morgan fingerprint density at radius 2 is 1.72 bits per heavy atom. The van der Waals surface area contributed by atoms with Crippen molar-refractivity contribution >= 4 is 11.6 Å². The highest BCUT2D eigenvalue weighted by molar-refractivity contribution is 5.80. The van der Waals surface area contributed by atoms with E-state index in [4.69, 9.17) is 9.73 Å². The molecule has 0 atom stereocenters. The Morgan fingerprint density at radius 1 is 1.03 bits per heavy atom. The number of ether oxygens (including phenoxy) is 1. The van der Waals surface area contributed by atoms with Crippen LogP contribution in [0.5, 0.6) is 5.75 Å². The normalized spacial score (nSPS) is 19.5. The van der Waals surface area contributed by atoms with E-state index in [0.29, 0.717) is 0 Å². The Hall–Kier alpha value is -1.95. The molecule has 1 N–H and O–H groups in total. The zero-order chi connectivity index (χ0) is 20.5. The molecule has 162 valence electrons. The highest BCUT2D eigenvalue weighted by atomic mass is 16.5. The predicted octanol–water partition coefficient (Wildman–Crippen LogP) is 2.90. The molecular weight excluding hydrogens is 362 g/mol. The van der Waals surface area contributed by atoms with Gasteiger partial charge in [0, 0.05) is 45.0 Å². The summed E-state index contributed by atoms with van der Waals surface area (Å²) in [5.41, 5.74) is 1.27. The lowest BCUT2D eigenvalue weighted by molar-refractivity contribution is 0.188. The molecule has 6 heteroatoms. The van der Waals surface area contributed by atoms with Gasteiger partial charge in [-0.3, -0.25) is 4.99 Å². The molecule has 0 aliphatic carbocycles. The summed E-state index contributed by atoms with van der Waals surface area (Å²) in [4.78, 5) is 12.5. The number of guanidine groups is 1. The van der Waals surface area contributed by atoms with E-state index in [1.54, 1.807) is 7.11 Å². The van der Waals surface area contributed by atoms with E-state index >= 15 is 0 Å². The fourth-order valence-electron chi connectivity index (χ4n) is 4.32. The van der Waals surface area contributed by atoms with Gasteiger partial charge in [-0.15, -0.1) is 0 Å². The van der Waals surface area contributed by atoms with Gasteiger partial charge in [0.05, 0.1) is 7.11 Å². The molecule has 2 fully saturated rings. The van der Waals surface area contributed by atoms with E-state index in [1.807, 2.05) is 12.1 Å². The molecule has 0 bridgehead atoms. The third kappa shape index (κ3) is 6.26. The Morgan fingerprint density at radius 3 is 2.31 bits per heavy atom. The molecule has 0 spiro atoms. The van der Waals surface area contributed by atoms with Crippen LogP contribution in [0.4, 0.5) is 5.69 Å². The van der Waals surface area contributed by atoms with Crippen LogP contribution in [0.1, 0.15) is 33.1 Å². The number of benzene rings is 1. The number of piperidine rings is 1. The third-order valence-corrected chi connectivity index (χ3v) is 6.10. The molecule has 2 aliphatic heterocycles. The second kappa shape index (κ2) is 11.3. The van der Waals surface area contributed by atoms with E-state index in [2.05, 4.69) is 46.0 Å². The van der Waals surface area contributed by atoms with Crippen LogP contribution < -0.4 is 15.0 Å². The summed E-state index contributed by atoms with van der Waals surface area (Å²) < 4.78 is 5.27. The van der Waals surface area contributed by atoms with Gasteiger partial charge in [-0.05, 0) is 76.0 Å². The summed E-state index contributed by atoms with van der Waals surface area (Å²) in [6.45, 7) is 14.1. The van der Waals surface area contributed by atoms with E-state index in [0.717, 1.165) is 56.9 Å². The standard InChI is InChI=1S/C23H39N5O/c1-4-12-26-13-10-20(11-14-26)19-25-23(24-5-2)28-17-15-27(16-18-28)21-6-8-22(29-3)9-7-21/h6-9,20H,4-5,10-19H2,1-3H3,(H,24,25). The number of anilines is 1. The van der Waals surface area contributed by atoms with Crippen LogP contribution >= 0.6 is 0 Å². The lowest BCUT2D eigenvalue weighted by atomic mass is 9.97. The molecule has 6 nitrogen and oxygen atoms in total. The van der Waals surface area contributed by atoms with Crippen molar-refractivity contribution in [1.82, 2.24) is 15.1 Å². The van der Waals surface area contributed by atoms with E-state index < -0.39 is 0 Å². The molecule has 0 aromatic heterocycles. The van der Waals surface area contributed by atoms with Gasteiger partial charge in [-0.25, -0.2) is 0 Å². The Kier molecular flexibility index (Phi) is 8.47. The number of methoxy groups -OCH3 is 1. The van der Waals surface area contributed by atoms with Crippen LogP contribution in [0, 0.1) is 5.92 Å². The molecule has 0 amide bonds. The topological polar surface area (TPSA) is 43.3 Å². The van der Waals surface area contributed by atoms with Crippen LogP contribution in [0.25, 0.3) is 0 Å². The van der Waals surface area contributed by atoms with Crippen molar-refractivity contribution in [2.24, 2.45) is 10.9 Å². The minimum absolute atomic E-state index is 0.734. The average molecular weight is 402 g/mol. The van der Waals surface area contributed by atoms with Crippen LogP contribution in [-0.4, -0.2) is 81.8 Å². The fourth-order valence-corrected chi connectivity index (χ4v) is 4.32. The van der Waals surface area contributed by atoms with E-state index in [1.165, 1.54) is 44.6 Å². The molecule has 1 aromatic carbocycles. The molecule has 0 radical (unpaired) electrons. The largest absolute Gasteiger partial charge is 0.497 e. The van der Waals surface area contributed by atoms with Gasteiger partial charge in [0.1, 0.15) is 5.75 Å². The molecule has 0 saturated carbocycles. The number of piperazine rings is 1. The first-order valence-corrected chi connectivity index (χ1v) is 11.4. The number of nitrogens with zero attached hydrogens (tertiary/aromatic N) is 4. The summed E-state index contributed by atoms with van der Waals surface area (Å²) in [5, 5.41) is 3.52. The summed E-state index contributed by atoms with van der Waals surface area (Å²) in [6.07, 6.45) is 3.83. The van der Waals surface area contributed by atoms with Crippen molar-refractivity contribution in [3.05, 3.63) is 24.3 Å². The summed E-state index contributed by atoms with van der Waals surface area (Å²) >= 11 is 0. The first-order valence-electron chi connectivity index (χ1n) is 11.4. The maximum absolute atomic E-state index is 5.27. The zero-order valence-corrected chi connectivity index (χ0v) is 18.6. The van der Waals surface area contributed by atoms with Crippen molar-refractivity contribution in [2.75, 3.05) is 70.9 Å². The second-order valence-corrected chi connectivity index (χ2v) is 8.15. The van der Waals surface area contributed by atoms with Gasteiger partial charge in [0.15, 0.2) is 5.96 Å². The molecule has 2 saturated heterocycles. The maximum atomic E-state index is 5.27. The maximum Gasteiger partial charge on any atom is 0.194 e. The Labute approximate surface area is 176 Å². The van der Waals surface area contributed by atoms with Gasteiger partial charge in [-0.2, -0.15) is 0 Å². The predicted molar refractivity (Wildman–Crippen MR) is 122 cm³/mol. The number of hydrogen-bond acceptors (Lipinski definition) is 4. The number of aliphatic imine (C=N–C) groups is 1. The third-order valence-electron chi connectivity index (χ3n) is 6.10. The van der Waals surface area contributed by atoms with E-state index in [9.17, 15) is 0 Å². The quantitative estimate of drug-likeness (QED) is 0.562. The molecule has 3 rings (SSSR count). The van der Waals surface area contributed by atoms with Crippen molar-refractivity contribution in [1.29, 1.82) is 0 Å². The smallest absolute Gasteiger partial charge is 0.194 e. The SMILES string of the molecule is CCCN1CCC(CN=C(NCC)N2CCN(c3ccc(OC)cc3)CC2)CC1. The molecule has 0 unspecified atom stereocenters. The number of hydrogen-bond donors (Lipinski definition) is 1. The fraction of sp³-hybridized carbons (Fsp3) is 0.696. The first-order chi connectivity index (χ1) is 14.2. The molecule has 29 heavy (non-hydrogen) atoms. The first kappa shape index (κ1) is 21.8. The Balaban J connectivity index is 1.50. The van der Waals surface area contributed by atoms with Crippen LogP contribution in [-0.2, 0) is 0 Å². The molecule has 2 aliphatic rings. The van der Waals surface area contributed by atoms with Gasteiger partial charge >= 0.3 is 0 Å². The van der Waals surface area contributed by atoms with Crippen molar-refractivity contribution in [3.8, 4) is 5.75 Å². The van der Waals surface area contributed by atoms with Gasteiger partial charge in [-0.1, -0.05) is 6.92 Å². The van der Waals surface area contributed by atoms with Crippen molar-refractivity contribution < 1.29 is 4.74 Å². The zero-order valence-electron chi connectivity index (χ0n) is 18.6. The van der Waals surface area contributed by atoms with Gasteiger partial charge in [0.25, 0.3) is 0 Å². The number of likely N-dealkylation sites (tertiary alicyclic amines) is 1. The van der Waals surface area contributed by atoms with Crippen LogP contribution in [0.2, 0.25) is 0 Å². The lowest BCUT2D eigenvalue weighted by Gasteiger charge is -2.38. The van der Waals surface area contributed by atoms with E-state index in [-0.39, 0.29) is 0 Å². The van der Waals surface area contributed by atoms with Gasteiger partial charge < -0.3 is 24.8 Å². The monoisotopic (exact) mass is 401 g/mol. The minimum atomic E-state index is 0.734. The lowest BCUT2D eigenvalue weighted by Crippen LogP contribution is -2.52. The van der Waals surface area contributed by atoms with Crippen LogP contribution in [0.3, 0.4) is 0 Å². The van der Waals surface area contributed by atoms with Crippen molar-refractivity contribution in [2.45, 2.75) is 33.1 Å². The van der Waals surface area contributed by atoms with Crippen LogP contribution in [0.15, 0.2) is 29.3 Å². The highest BCUT2D eigenvalue weighted by Gasteiger charge is 2.22. The Bertz CT molecular complexity index is 617. The minimum Gasteiger partial charge on any atom is -0.497 e. The molecular formula is C23H39N5O.